The Morgan fingerprint density at radius 1 is 0.848 bits per heavy atom. The SMILES string of the molecule is O=C(c1nccc2ccccc12)N1CCN(CCn2nc(-c3ccncc3)ccc2=O)CC1. The highest BCUT2D eigenvalue weighted by Gasteiger charge is 2.24. The first-order valence-corrected chi connectivity index (χ1v) is 11.0. The van der Waals surface area contributed by atoms with Crippen molar-refractivity contribution >= 4 is 16.7 Å². The van der Waals surface area contributed by atoms with Gasteiger partial charge in [-0.15, -0.1) is 0 Å². The Morgan fingerprint density at radius 2 is 1.64 bits per heavy atom. The van der Waals surface area contributed by atoms with E-state index in [1.807, 2.05) is 47.4 Å². The van der Waals surface area contributed by atoms with Crippen LogP contribution >= 0.6 is 0 Å². The van der Waals surface area contributed by atoms with Crippen LogP contribution in [0.5, 0.6) is 0 Å². The smallest absolute Gasteiger partial charge is 0.273 e. The van der Waals surface area contributed by atoms with E-state index in [1.54, 1.807) is 30.7 Å². The average molecular weight is 441 g/mol. The van der Waals surface area contributed by atoms with Crippen molar-refractivity contribution < 1.29 is 4.79 Å². The first-order chi connectivity index (χ1) is 16.2. The number of pyridine rings is 2. The molecule has 3 aromatic heterocycles. The van der Waals surface area contributed by atoms with Crippen LogP contribution in [-0.2, 0) is 6.54 Å². The van der Waals surface area contributed by atoms with Gasteiger partial charge in [0.2, 0.25) is 0 Å². The van der Waals surface area contributed by atoms with Crippen LogP contribution in [0.4, 0.5) is 0 Å². The van der Waals surface area contributed by atoms with Gasteiger partial charge in [0, 0.05) is 68.3 Å². The van der Waals surface area contributed by atoms with E-state index in [0.29, 0.717) is 31.9 Å². The zero-order chi connectivity index (χ0) is 22.6. The number of piperazine rings is 1. The van der Waals surface area contributed by atoms with Gasteiger partial charge in [-0.1, -0.05) is 24.3 Å². The van der Waals surface area contributed by atoms with E-state index in [2.05, 4.69) is 20.0 Å². The van der Waals surface area contributed by atoms with Crippen LogP contribution in [0.15, 0.2) is 78.0 Å². The third-order valence-electron chi connectivity index (χ3n) is 6.01. The summed E-state index contributed by atoms with van der Waals surface area (Å²) in [5.41, 5.74) is 2.05. The van der Waals surface area contributed by atoms with Crippen LogP contribution < -0.4 is 5.56 Å². The number of hydrogen-bond acceptors (Lipinski definition) is 6. The normalized spacial score (nSPS) is 14.5. The first-order valence-electron chi connectivity index (χ1n) is 11.0. The molecule has 1 amide bonds. The summed E-state index contributed by atoms with van der Waals surface area (Å²) in [4.78, 5) is 37.9. The van der Waals surface area contributed by atoms with Crippen LogP contribution in [0.1, 0.15) is 10.5 Å². The predicted octanol–water partition coefficient (Wildman–Crippen LogP) is 2.31. The summed E-state index contributed by atoms with van der Waals surface area (Å²) in [5, 5.41) is 6.41. The lowest BCUT2D eigenvalue weighted by Crippen LogP contribution is -2.49. The van der Waals surface area contributed by atoms with Gasteiger partial charge >= 0.3 is 0 Å². The summed E-state index contributed by atoms with van der Waals surface area (Å²) >= 11 is 0. The summed E-state index contributed by atoms with van der Waals surface area (Å²) in [6.07, 6.45) is 5.11. The van der Waals surface area contributed by atoms with Crippen molar-refractivity contribution in [2.24, 2.45) is 0 Å². The molecular formula is C25H24N6O2. The van der Waals surface area contributed by atoms with Crippen LogP contribution in [0.2, 0.25) is 0 Å². The number of fused-ring (bicyclic) bond motifs is 1. The fraction of sp³-hybridized carbons (Fsp3) is 0.240. The Balaban J connectivity index is 1.21. The number of hydrogen-bond donors (Lipinski definition) is 0. The summed E-state index contributed by atoms with van der Waals surface area (Å²) in [5.74, 6) is -0.0330. The van der Waals surface area contributed by atoms with Crippen LogP contribution in [0, 0.1) is 0 Å². The lowest BCUT2D eigenvalue weighted by molar-refractivity contribution is 0.0628. The van der Waals surface area contributed by atoms with Gasteiger partial charge in [0.15, 0.2) is 0 Å². The Bertz CT molecular complexity index is 1320. The quantitative estimate of drug-likeness (QED) is 0.474. The maximum absolute atomic E-state index is 13.1. The van der Waals surface area contributed by atoms with Crippen molar-refractivity contribution in [1.29, 1.82) is 0 Å². The summed E-state index contributed by atoms with van der Waals surface area (Å²) < 4.78 is 1.51. The van der Waals surface area contributed by atoms with Gasteiger partial charge in [-0.2, -0.15) is 5.10 Å². The third-order valence-corrected chi connectivity index (χ3v) is 6.01. The molecule has 8 nitrogen and oxygen atoms in total. The average Bonchev–Trinajstić information content (AvgIpc) is 2.88. The molecule has 1 aromatic carbocycles. The van der Waals surface area contributed by atoms with Gasteiger partial charge in [0.1, 0.15) is 5.69 Å². The standard InChI is InChI=1S/C25H24N6O2/c32-23-6-5-22(20-7-10-26-11-8-20)28-31(23)18-15-29-13-16-30(17-14-29)25(33)24-21-4-2-1-3-19(21)9-12-27-24/h1-12H,13-18H2. The fourth-order valence-corrected chi connectivity index (χ4v) is 4.14. The number of amides is 1. The van der Waals surface area contributed by atoms with E-state index in [4.69, 9.17) is 0 Å². The summed E-state index contributed by atoms with van der Waals surface area (Å²) in [6.45, 7) is 3.94. The predicted molar refractivity (Wildman–Crippen MR) is 126 cm³/mol. The van der Waals surface area contributed by atoms with Crippen molar-refractivity contribution in [2.75, 3.05) is 32.7 Å². The van der Waals surface area contributed by atoms with E-state index in [9.17, 15) is 9.59 Å². The lowest BCUT2D eigenvalue weighted by Gasteiger charge is -2.34. The van der Waals surface area contributed by atoms with Gasteiger partial charge in [0.05, 0.1) is 12.2 Å². The molecular weight excluding hydrogens is 416 g/mol. The zero-order valence-electron chi connectivity index (χ0n) is 18.2. The maximum Gasteiger partial charge on any atom is 0.273 e. The van der Waals surface area contributed by atoms with Gasteiger partial charge in [-0.3, -0.25) is 24.5 Å². The van der Waals surface area contributed by atoms with E-state index >= 15 is 0 Å². The number of rotatable bonds is 5. The van der Waals surface area contributed by atoms with Crippen LogP contribution in [-0.4, -0.2) is 68.2 Å². The van der Waals surface area contributed by atoms with Crippen molar-refractivity contribution in [3.05, 3.63) is 89.2 Å². The largest absolute Gasteiger partial charge is 0.335 e. The molecule has 1 saturated heterocycles. The van der Waals surface area contributed by atoms with Gasteiger partial charge in [-0.05, 0) is 29.7 Å². The second kappa shape index (κ2) is 9.30. The molecule has 0 radical (unpaired) electrons. The van der Waals surface area contributed by atoms with E-state index in [1.165, 1.54) is 4.68 Å². The monoisotopic (exact) mass is 440 g/mol. The molecule has 1 aliphatic rings. The molecule has 0 saturated carbocycles. The molecule has 4 heterocycles. The summed E-state index contributed by atoms with van der Waals surface area (Å²) in [6, 6.07) is 16.8. The highest BCUT2D eigenvalue weighted by molar-refractivity contribution is 6.05. The Labute approximate surface area is 191 Å². The van der Waals surface area contributed by atoms with Crippen LogP contribution in [0.25, 0.3) is 22.0 Å². The Hall–Kier alpha value is -3.91. The third kappa shape index (κ3) is 4.51. The second-order valence-corrected chi connectivity index (χ2v) is 8.03. The number of benzene rings is 1. The second-order valence-electron chi connectivity index (χ2n) is 8.03. The molecule has 8 heteroatoms. The minimum Gasteiger partial charge on any atom is -0.335 e. The lowest BCUT2D eigenvalue weighted by atomic mass is 10.1. The molecule has 0 atom stereocenters. The summed E-state index contributed by atoms with van der Waals surface area (Å²) in [7, 11) is 0. The van der Waals surface area contributed by atoms with Crippen molar-refractivity contribution in [2.45, 2.75) is 6.54 Å². The maximum atomic E-state index is 13.1. The van der Waals surface area contributed by atoms with Gasteiger partial charge < -0.3 is 4.90 Å². The van der Waals surface area contributed by atoms with Crippen molar-refractivity contribution in [1.82, 2.24) is 29.5 Å². The van der Waals surface area contributed by atoms with E-state index in [-0.39, 0.29) is 11.5 Å². The first kappa shape index (κ1) is 21.0. The molecule has 5 rings (SSSR count). The van der Waals surface area contributed by atoms with Gasteiger partial charge in [0.25, 0.3) is 11.5 Å². The topological polar surface area (TPSA) is 84.2 Å². The highest BCUT2D eigenvalue weighted by Crippen LogP contribution is 2.19. The molecule has 0 bridgehead atoms. The number of aromatic nitrogens is 4. The molecule has 0 spiro atoms. The molecule has 0 unspecified atom stereocenters. The van der Waals surface area contributed by atoms with E-state index < -0.39 is 0 Å². The number of nitrogens with zero attached hydrogens (tertiary/aromatic N) is 6. The Morgan fingerprint density at radius 3 is 2.45 bits per heavy atom. The number of carbonyl (C=O) groups is 1. The molecule has 166 valence electrons. The molecule has 4 aromatic rings. The number of carbonyl (C=O) groups excluding carboxylic acids is 1. The van der Waals surface area contributed by atoms with Gasteiger partial charge in [-0.25, -0.2) is 4.68 Å². The molecule has 0 aliphatic carbocycles. The fourth-order valence-electron chi connectivity index (χ4n) is 4.14. The molecule has 33 heavy (non-hydrogen) atoms. The minimum absolute atomic E-state index is 0.0330. The van der Waals surface area contributed by atoms with Crippen molar-refractivity contribution in [3.8, 4) is 11.3 Å². The molecule has 1 aliphatic heterocycles. The van der Waals surface area contributed by atoms with E-state index in [0.717, 1.165) is 35.1 Å². The van der Waals surface area contributed by atoms with Crippen molar-refractivity contribution in [3.63, 3.8) is 0 Å². The minimum atomic E-state index is -0.122. The molecule has 0 N–H and O–H groups in total. The zero-order valence-corrected chi connectivity index (χ0v) is 18.2. The van der Waals surface area contributed by atoms with Crippen LogP contribution in [0.3, 0.4) is 0 Å². The molecule has 1 fully saturated rings. The highest BCUT2D eigenvalue weighted by atomic mass is 16.2. The Kier molecular flexibility index (Phi) is 5.91.